The molecule has 0 spiro atoms. The Balaban J connectivity index is 2.30. The summed E-state index contributed by atoms with van der Waals surface area (Å²) in [4.78, 5) is 11.0. The lowest BCUT2D eigenvalue weighted by Gasteiger charge is -2.11. The molecule has 0 fully saturated rings. The van der Waals surface area contributed by atoms with Gasteiger partial charge in [0.2, 0.25) is 0 Å². The highest BCUT2D eigenvalue weighted by atomic mass is 16.5. The molecule has 1 N–H and O–H groups in total. The van der Waals surface area contributed by atoms with Crippen molar-refractivity contribution in [2.45, 2.75) is 25.9 Å². The first kappa shape index (κ1) is 9.26. The molecule has 2 unspecified atom stereocenters. The molecule has 0 amide bonds. The normalized spacial score (nSPS) is 27.5. The maximum atomic E-state index is 11.0. The van der Waals surface area contributed by atoms with Crippen LogP contribution in [0.15, 0.2) is 12.2 Å². The molecule has 0 aromatic heterocycles. The van der Waals surface area contributed by atoms with Crippen LogP contribution in [0.3, 0.4) is 0 Å². The van der Waals surface area contributed by atoms with Crippen molar-refractivity contribution in [3.05, 3.63) is 12.2 Å². The lowest BCUT2D eigenvalue weighted by molar-refractivity contribution is -0.144. The van der Waals surface area contributed by atoms with Gasteiger partial charge < -0.3 is 9.84 Å². The van der Waals surface area contributed by atoms with E-state index >= 15 is 0 Å². The van der Waals surface area contributed by atoms with Crippen molar-refractivity contribution in [1.29, 1.82) is 0 Å². The van der Waals surface area contributed by atoms with Crippen LogP contribution in [0.25, 0.3) is 0 Å². The standard InChI is InChI=1S/C9H14O3/c1-2-12-9(11)6-7-4-3-5-8(7)10/h3-4,7-8,10H,2,5-6H2,1H3. The highest BCUT2D eigenvalue weighted by Gasteiger charge is 2.23. The number of carbonyl (C=O) groups is 1. The van der Waals surface area contributed by atoms with E-state index in [1.807, 2.05) is 12.2 Å². The SMILES string of the molecule is CCOC(=O)CC1C=CCC1O. The van der Waals surface area contributed by atoms with Crippen molar-refractivity contribution in [2.24, 2.45) is 5.92 Å². The molecule has 0 aliphatic heterocycles. The molecule has 1 rings (SSSR count). The first-order valence-electron chi connectivity index (χ1n) is 4.24. The Morgan fingerprint density at radius 3 is 3.00 bits per heavy atom. The number of hydrogen-bond donors (Lipinski definition) is 1. The zero-order valence-electron chi connectivity index (χ0n) is 7.19. The second-order valence-corrected chi connectivity index (χ2v) is 2.90. The summed E-state index contributed by atoms with van der Waals surface area (Å²) in [6, 6.07) is 0. The van der Waals surface area contributed by atoms with Gasteiger partial charge in [-0.25, -0.2) is 0 Å². The summed E-state index contributed by atoms with van der Waals surface area (Å²) >= 11 is 0. The predicted octanol–water partition coefficient (Wildman–Crippen LogP) is 0.877. The van der Waals surface area contributed by atoms with Gasteiger partial charge in [0.05, 0.1) is 19.1 Å². The van der Waals surface area contributed by atoms with E-state index < -0.39 is 6.10 Å². The third-order valence-electron chi connectivity index (χ3n) is 1.96. The van der Waals surface area contributed by atoms with Gasteiger partial charge in [0.25, 0.3) is 0 Å². The van der Waals surface area contributed by atoms with E-state index in [2.05, 4.69) is 0 Å². The maximum Gasteiger partial charge on any atom is 0.306 e. The first-order valence-corrected chi connectivity index (χ1v) is 4.24. The van der Waals surface area contributed by atoms with Crippen LogP contribution >= 0.6 is 0 Å². The minimum Gasteiger partial charge on any atom is -0.466 e. The lowest BCUT2D eigenvalue weighted by atomic mass is 10.0. The maximum absolute atomic E-state index is 11.0. The Labute approximate surface area is 72.0 Å². The van der Waals surface area contributed by atoms with Gasteiger partial charge in [-0.3, -0.25) is 4.79 Å². The van der Waals surface area contributed by atoms with Crippen LogP contribution in [0.2, 0.25) is 0 Å². The molecule has 1 aliphatic rings. The fourth-order valence-electron chi connectivity index (χ4n) is 1.31. The van der Waals surface area contributed by atoms with Crippen molar-refractivity contribution in [3.8, 4) is 0 Å². The fourth-order valence-corrected chi connectivity index (χ4v) is 1.31. The highest BCUT2D eigenvalue weighted by Crippen LogP contribution is 2.21. The van der Waals surface area contributed by atoms with Crippen LogP contribution in [-0.2, 0) is 9.53 Å². The molecule has 2 atom stereocenters. The third-order valence-corrected chi connectivity index (χ3v) is 1.96. The van der Waals surface area contributed by atoms with Crippen molar-refractivity contribution in [3.63, 3.8) is 0 Å². The highest BCUT2D eigenvalue weighted by molar-refractivity contribution is 5.70. The van der Waals surface area contributed by atoms with Crippen molar-refractivity contribution >= 4 is 5.97 Å². The van der Waals surface area contributed by atoms with E-state index in [1.165, 1.54) is 0 Å². The molecular weight excluding hydrogens is 156 g/mol. The second-order valence-electron chi connectivity index (χ2n) is 2.90. The average Bonchev–Trinajstić information content (AvgIpc) is 2.37. The number of esters is 1. The van der Waals surface area contributed by atoms with Crippen LogP contribution in [0.5, 0.6) is 0 Å². The van der Waals surface area contributed by atoms with E-state index in [0.29, 0.717) is 19.4 Å². The quantitative estimate of drug-likeness (QED) is 0.505. The topological polar surface area (TPSA) is 46.5 Å². The molecule has 0 aromatic rings. The Bertz CT molecular complexity index is 186. The molecule has 0 heterocycles. The Hall–Kier alpha value is -0.830. The van der Waals surface area contributed by atoms with Crippen molar-refractivity contribution in [1.82, 2.24) is 0 Å². The fraction of sp³-hybridized carbons (Fsp3) is 0.667. The molecule has 0 aromatic carbocycles. The molecule has 3 nitrogen and oxygen atoms in total. The molecule has 68 valence electrons. The summed E-state index contributed by atoms with van der Waals surface area (Å²) in [6.45, 7) is 2.18. The summed E-state index contributed by atoms with van der Waals surface area (Å²) in [5.41, 5.74) is 0. The average molecular weight is 170 g/mol. The number of rotatable bonds is 3. The van der Waals surface area contributed by atoms with Gasteiger partial charge in [-0.2, -0.15) is 0 Å². The van der Waals surface area contributed by atoms with Crippen LogP contribution in [0, 0.1) is 5.92 Å². The summed E-state index contributed by atoms with van der Waals surface area (Å²) < 4.78 is 4.77. The van der Waals surface area contributed by atoms with Crippen LogP contribution in [0.4, 0.5) is 0 Å². The number of ether oxygens (including phenoxy) is 1. The van der Waals surface area contributed by atoms with Crippen LogP contribution in [-0.4, -0.2) is 23.8 Å². The first-order chi connectivity index (χ1) is 5.74. The number of aliphatic hydroxyl groups is 1. The predicted molar refractivity (Wildman–Crippen MR) is 44.5 cm³/mol. The summed E-state index contributed by atoms with van der Waals surface area (Å²) in [5, 5.41) is 9.34. The van der Waals surface area contributed by atoms with Gasteiger partial charge in [-0.1, -0.05) is 12.2 Å². The number of aliphatic hydroxyl groups excluding tert-OH is 1. The zero-order valence-corrected chi connectivity index (χ0v) is 7.19. The van der Waals surface area contributed by atoms with E-state index in [-0.39, 0.29) is 11.9 Å². The van der Waals surface area contributed by atoms with E-state index in [0.717, 1.165) is 0 Å². The molecule has 1 aliphatic carbocycles. The number of hydrogen-bond acceptors (Lipinski definition) is 3. The Morgan fingerprint density at radius 1 is 1.75 bits per heavy atom. The Kier molecular flexibility index (Phi) is 3.29. The zero-order chi connectivity index (χ0) is 8.97. The summed E-state index contributed by atoms with van der Waals surface area (Å²) in [5.74, 6) is -0.267. The molecule has 0 bridgehead atoms. The molecule has 0 saturated heterocycles. The Morgan fingerprint density at radius 2 is 2.50 bits per heavy atom. The molecule has 12 heavy (non-hydrogen) atoms. The lowest BCUT2D eigenvalue weighted by Crippen LogP contribution is -2.18. The minimum absolute atomic E-state index is 0.0379. The smallest absolute Gasteiger partial charge is 0.306 e. The van der Waals surface area contributed by atoms with E-state index in [4.69, 9.17) is 4.74 Å². The second kappa shape index (κ2) is 4.26. The molecule has 0 saturated carbocycles. The van der Waals surface area contributed by atoms with Crippen LogP contribution in [0.1, 0.15) is 19.8 Å². The summed E-state index contributed by atoms with van der Waals surface area (Å²) in [7, 11) is 0. The van der Waals surface area contributed by atoms with Gasteiger partial charge in [0, 0.05) is 5.92 Å². The van der Waals surface area contributed by atoms with E-state index in [1.54, 1.807) is 6.92 Å². The molecular formula is C9H14O3. The summed E-state index contributed by atoms with van der Waals surface area (Å²) in [6.07, 6.45) is 4.33. The van der Waals surface area contributed by atoms with Crippen molar-refractivity contribution in [2.75, 3.05) is 6.61 Å². The molecule has 3 heteroatoms. The van der Waals surface area contributed by atoms with Gasteiger partial charge in [0.15, 0.2) is 0 Å². The van der Waals surface area contributed by atoms with Gasteiger partial charge in [-0.05, 0) is 13.3 Å². The monoisotopic (exact) mass is 170 g/mol. The van der Waals surface area contributed by atoms with E-state index in [9.17, 15) is 9.90 Å². The minimum atomic E-state index is -0.394. The number of carbonyl (C=O) groups excluding carboxylic acids is 1. The van der Waals surface area contributed by atoms with Crippen LogP contribution < -0.4 is 0 Å². The van der Waals surface area contributed by atoms with Gasteiger partial charge in [0.1, 0.15) is 0 Å². The third kappa shape index (κ3) is 2.34. The van der Waals surface area contributed by atoms with Gasteiger partial charge >= 0.3 is 5.97 Å². The molecule has 0 radical (unpaired) electrons. The van der Waals surface area contributed by atoms with Crippen molar-refractivity contribution < 1.29 is 14.6 Å². The largest absolute Gasteiger partial charge is 0.466 e. The van der Waals surface area contributed by atoms with Gasteiger partial charge in [-0.15, -0.1) is 0 Å².